The van der Waals surface area contributed by atoms with Gasteiger partial charge in [0.2, 0.25) is 0 Å². The van der Waals surface area contributed by atoms with Crippen LogP contribution in [-0.2, 0) is 14.3 Å². The molecular formula is C14H25NO3S. The number of morpholine rings is 1. The molecule has 0 radical (unpaired) electrons. The maximum atomic E-state index is 12.0. The first kappa shape index (κ1) is 15.1. The molecule has 4 nitrogen and oxygen atoms in total. The van der Waals surface area contributed by atoms with Crippen LogP contribution in [0.25, 0.3) is 0 Å². The van der Waals surface area contributed by atoms with Gasteiger partial charge in [-0.25, -0.2) is 0 Å². The van der Waals surface area contributed by atoms with Gasteiger partial charge in [0.15, 0.2) is 0 Å². The zero-order valence-corrected chi connectivity index (χ0v) is 12.8. The Balaban J connectivity index is 2.13. The largest absolute Gasteiger partial charge is 0.466 e. The lowest BCUT2D eigenvalue weighted by atomic mass is 9.83. The zero-order valence-electron chi connectivity index (χ0n) is 12.0. The predicted octanol–water partition coefficient (Wildman–Crippen LogP) is 1.93. The first-order valence-corrected chi connectivity index (χ1v) is 8.34. The molecule has 110 valence electrons. The fourth-order valence-corrected chi connectivity index (χ4v) is 4.55. The highest BCUT2D eigenvalue weighted by Crippen LogP contribution is 2.41. The summed E-state index contributed by atoms with van der Waals surface area (Å²) < 4.78 is 10.7. The number of ether oxygens (including phenoxy) is 2. The quantitative estimate of drug-likeness (QED) is 0.739. The summed E-state index contributed by atoms with van der Waals surface area (Å²) in [5.74, 6) is 1.15. The zero-order chi connectivity index (χ0) is 13.7. The second kappa shape index (κ2) is 6.95. The maximum Gasteiger partial charge on any atom is 0.307 e. The smallest absolute Gasteiger partial charge is 0.307 e. The Morgan fingerprint density at radius 1 is 1.47 bits per heavy atom. The van der Waals surface area contributed by atoms with Crippen molar-refractivity contribution in [1.29, 1.82) is 0 Å². The summed E-state index contributed by atoms with van der Waals surface area (Å²) >= 11 is 1.99. The van der Waals surface area contributed by atoms with Crippen molar-refractivity contribution in [3.8, 4) is 0 Å². The minimum Gasteiger partial charge on any atom is -0.466 e. The predicted molar refractivity (Wildman–Crippen MR) is 77.5 cm³/mol. The van der Waals surface area contributed by atoms with Gasteiger partial charge in [0.1, 0.15) is 0 Å². The highest BCUT2D eigenvalue weighted by molar-refractivity contribution is 8.00. The van der Waals surface area contributed by atoms with Gasteiger partial charge in [-0.05, 0) is 25.5 Å². The Morgan fingerprint density at radius 3 is 2.84 bits per heavy atom. The summed E-state index contributed by atoms with van der Waals surface area (Å²) in [6.45, 7) is 8.04. The van der Waals surface area contributed by atoms with Crippen molar-refractivity contribution in [2.45, 2.75) is 43.9 Å². The summed E-state index contributed by atoms with van der Waals surface area (Å²) in [4.78, 5) is 14.5. The molecule has 2 fully saturated rings. The second-order valence-electron chi connectivity index (χ2n) is 5.30. The molecule has 0 spiro atoms. The van der Waals surface area contributed by atoms with Crippen LogP contribution in [0.15, 0.2) is 0 Å². The molecule has 0 aliphatic carbocycles. The van der Waals surface area contributed by atoms with Crippen LogP contribution in [0.3, 0.4) is 0 Å². The van der Waals surface area contributed by atoms with E-state index in [0.717, 1.165) is 32.7 Å². The van der Waals surface area contributed by atoms with Gasteiger partial charge in [0.25, 0.3) is 0 Å². The molecule has 2 unspecified atom stereocenters. The van der Waals surface area contributed by atoms with Crippen molar-refractivity contribution < 1.29 is 14.3 Å². The molecule has 2 rings (SSSR count). The van der Waals surface area contributed by atoms with E-state index in [0.29, 0.717) is 18.3 Å². The van der Waals surface area contributed by atoms with Crippen LogP contribution < -0.4 is 0 Å². The molecule has 0 aromatic carbocycles. The first-order valence-electron chi connectivity index (χ1n) is 7.29. The Labute approximate surface area is 120 Å². The minimum atomic E-state index is -0.0525. The monoisotopic (exact) mass is 287 g/mol. The lowest BCUT2D eigenvalue weighted by Gasteiger charge is -2.50. The molecule has 2 aliphatic heterocycles. The fourth-order valence-electron chi connectivity index (χ4n) is 3.23. The van der Waals surface area contributed by atoms with Crippen molar-refractivity contribution in [2.75, 3.05) is 38.7 Å². The fraction of sp³-hybridized carbons (Fsp3) is 0.929. The van der Waals surface area contributed by atoms with E-state index in [2.05, 4.69) is 11.8 Å². The van der Waals surface area contributed by atoms with Gasteiger partial charge in [0, 0.05) is 23.9 Å². The number of nitrogens with zero attached hydrogens (tertiary/aromatic N) is 1. The van der Waals surface area contributed by atoms with Gasteiger partial charge >= 0.3 is 5.97 Å². The van der Waals surface area contributed by atoms with E-state index in [9.17, 15) is 4.79 Å². The Bertz CT molecular complexity index is 307. The molecule has 0 saturated carbocycles. The van der Waals surface area contributed by atoms with Crippen LogP contribution in [0.2, 0.25) is 0 Å². The molecule has 2 saturated heterocycles. The lowest BCUT2D eigenvalue weighted by molar-refractivity contribution is -0.148. The highest BCUT2D eigenvalue weighted by Gasteiger charge is 2.45. The third kappa shape index (κ3) is 3.44. The topological polar surface area (TPSA) is 38.8 Å². The maximum absolute atomic E-state index is 12.0. The van der Waals surface area contributed by atoms with Gasteiger partial charge in [-0.1, -0.05) is 6.92 Å². The van der Waals surface area contributed by atoms with E-state index in [1.807, 2.05) is 18.7 Å². The highest BCUT2D eigenvalue weighted by atomic mass is 32.2. The first-order chi connectivity index (χ1) is 9.19. The summed E-state index contributed by atoms with van der Waals surface area (Å²) in [6, 6.07) is 0. The molecule has 2 heterocycles. The average molecular weight is 287 g/mol. The third-order valence-corrected chi connectivity index (χ3v) is 5.74. The van der Waals surface area contributed by atoms with E-state index in [1.54, 1.807) is 0 Å². The molecule has 0 aromatic rings. The number of hydrogen-bond acceptors (Lipinski definition) is 5. The normalized spacial score (nSPS) is 33.1. The van der Waals surface area contributed by atoms with Gasteiger partial charge < -0.3 is 9.47 Å². The number of carbonyl (C=O) groups excluding carboxylic acids is 1. The van der Waals surface area contributed by atoms with Gasteiger partial charge in [0.05, 0.1) is 26.2 Å². The van der Waals surface area contributed by atoms with E-state index >= 15 is 0 Å². The number of carbonyl (C=O) groups is 1. The Morgan fingerprint density at radius 2 is 2.21 bits per heavy atom. The van der Waals surface area contributed by atoms with Gasteiger partial charge in [-0.3, -0.25) is 9.69 Å². The van der Waals surface area contributed by atoms with Crippen molar-refractivity contribution in [2.24, 2.45) is 0 Å². The Kier molecular flexibility index (Phi) is 5.54. The number of hydrogen-bond donors (Lipinski definition) is 0. The van der Waals surface area contributed by atoms with Crippen molar-refractivity contribution in [3.63, 3.8) is 0 Å². The van der Waals surface area contributed by atoms with Gasteiger partial charge in [-0.15, -0.1) is 0 Å². The van der Waals surface area contributed by atoms with E-state index < -0.39 is 0 Å². The third-order valence-electron chi connectivity index (χ3n) is 4.28. The standard InChI is InChI=1S/C14H25NO3S/c1-3-18-13(16)11-14(5-4-10-19-12(14)2)15-6-8-17-9-7-15/h12H,3-11H2,1-2H3. The molecule has 19 heavy (non-hydrogen) atoms. The molecule has 2 atom stereocenters. The van der Waals surface area contributed by atoms with E-state index in [4.69, 9.17) is 9.47 Å². The number of thioether (sulfide) groups is 1. The Hall–Kier alpha value is -0.260. The van der Waals surface area contributed by atoms with Crippen LogP contribution in [0.4, 0.5) is 0 Å². The molecule has 0 N–H and O–H groups in total. The van der Waals surface area contributed by atoms with E-state index in [1.165, 1.54) is 12.2 Å². The van der Waals surface area contributed by atoms with Crippen LogP contribution in [0.5, 0.6) is 0 Å². The molecule has 0 aromatic heterocycles. The van der Waals surface area contributed by atoms with Crippen molar-refractivity contribution >= 4 is 17.7 Å². The van der Waals surface area contributed by atoms with Crippen LogP contribution in [0, 0.1) is 0 Å². The molecule has 0 bridgehead atoms. The second-order valence-corrected chi connectivity index (χ2v) is 6.75. The van der Waals surface area contributed by atoms with Crippen LogP contribution in [0.1, 0.15) is 33.1 Å². The van der Waals surface area contributed by atoms with Crippen LogP contribution >= 0.6 is 11.8 Å². The molecule has 5 heteroatoms. The average Bonchev–Trinajstić information content (AvgIpc) is 2.43. The minimum absolute atomic E-state index is 0.0288. The van der Waals surface area contributed by atoms with E-state index in [-0.39, 0.29) is 11.5 Å². The van der Waals surface area contributed by atoms with Crippen molar-refractivity contribution in [3.05, 3.63) is 0 Å². The molecule has 0 amide bonds. The van der Waals surface area contributed by atoms with Crippen molar-refractivity contribution in [1.82, 2.24) is 4.90 Å². The SMILES string of the molecule is CCOC(=O)CC1(N2CCOCC2)CCCSC1C. The van der Waals surface area contributed by atoms with Crippen LogP contribution in [-0.4, -0.2) is 60.3 Å². The summed E-state index contributed by atoms with van der Waals surface area (Å²) in [5.41, 5.74) is -0.0288. The summed E-state index contributed by atoms with van der Waals surface area (Å²) in [6.07, 6.45) is 2.81. The summed E-state index contributed by atoms with van der Waals surface area (Å²) in [5, 5.41) is 0.476. The number of esters is 1. The number of rotatable bonds is 4. The summed E-state index contributed by atoms with van der Waals surface area (Å²) in [7, 11) is 0. The molecular weight excluding hydrogens is 262 g/mol. The molecule has 2 aliphatic rings. The lowest BCUT2D eigenvalue weighted by Crippen LogP contribution is -2.60. The van der Waals surface area contributed by atoms with Gasteiger partial charge in [-0.2, -0.15) is 11.8 Å².